The van der Waals surface area contributed by atoms with E-state index in [1.54, 1.807) is 24.3 Å². The number of aryl methyl sites for hydroxylation is 1. The average molecular weight is 483 g/mol. The van der Waals surface area contributed by atoms with E-state index in [0.29, 0.717) is 24.3 Å². The molecule has 2 aromatic heterocycles. The minimum absolute atomic E-state index is 0.0215. The van der Waals surface area contributed by atoms with Crippen LogP contribution in [0.5, 0.6) is 5.75 Å². The van der Waals surface area contributed by atoms with Gasteiger partial charge in [-0.2, -0.15) is 0 Å². The molecule has 0 spiro atoms. The Morgan fingerprint density at radius 2 is 1.82 bits per heavy atom. The minimum atomic E-state index is -3.82. The Balaban J connectivity index is 1.75. The fourth-order valence-corrected chi connectivity index (χ4v) is 5.71. The molecular formula is C26H30N2O5S. The third-order valence-corrected chi connectivity index (χ3v) is 7.68. The molecule has 1 aliphatic rings. The van der Waals surface area contributed by atoms with Crippen LogP contribution in [0.25, 0.3) is 0 Å². The van der Waals surface area contributed by atoms with Gasteiger partial charge in [-0.25, -0.2) is 13.2 Å². The van der Waals surface area contributed by atoms with Gasteiger partial charge in [-0.3, -0.25) is 9.71 Å². The molecule has 0 aliphatic heterocycles. The zero-order valence-corrected chi connectivity index (χ0v) is 20.3. The maximum atomic E-state index is 13.1. The van der Waals surface area contributed by atoms with Crippen molar-refractivity contribution >= 4 is 15.7 Å². The summed E-state index contributed by atoms with van der Waals surface area (Å²) in [5.41, 5.74) is 1.52. The Hall–Kier alpha value is -3.13. The molecule has 0 saturated heterocycles. The summed E-state index contributed by atoms with van der Waals surface area (Å²) in [7, 11) is -3.82. The lowest BCUT2D eigenvalue weighted by Crippen LogP contribution is -2.21. The van der Waals surface area contributed by atoms with Crippen molar-refractivity contribution in [3.63, 3.8) is 0 Å². The number of aromatic nitrogens is 1. The van der Waals surface area contributed by atoms with E-state index in [2.05, 4.69) is 9.71 Å². The molecule has 2 N–H and O–H groups in total. The standard InChI is InChI=1S/C26H30N2O5S/c1-17(2)23(24-25(29)21-12-5-3-4-6-13-22(21)33-26(24)30)18-9-7-10-19(15-18)28-34(31,32)20-11-8-14-27-16-20/h7-11,14-17,23,28-29H,3-6,12-13H2,1-2H3. The number of hydrogen-bond acceptors (Lipinski definition) is 6. The minimum Gasteiger partial charge on any atom is -0.507 e. The quantitative estimate of drug-likeness (QED) is 0.512. The van der Waals surface area contributed by atoms with E-state index < -0.39 is 21.6 Å². The average Bonchev–Trinajstić information content (AvgIpc) is 2.78. The summed E-state index contributed by atoms with van der Waals surface area (Å²) in [4.78, 5) is 17.0. The van der Waals surface area contributed by atoms with Crippen molar-refractivity contribution in [1.29, 1.82) is 0 Å². The van der Waals surface area contributed by atoms with Crippen LogP contribution in [0.2, 0.25) is 0 Å². The van der Waals surface area contributed by atoms with E-state index in [-0.39, 0.29) is 22.1 Å². The highest BCUT2D eigenvalue weighted by atomic mass is 32.2. The Morgan fingerprint density at radius 1 is 1.06 bits per heavy atom. The van der Waals surface area contributed by atoms with E-state index in [1.165, 1.54) is 18.5 Å². The van der Waals surface area contributed by atoms with Gasteiger partial charge in [-0.05, 0) is 55.0 Å². The first-order chi connectivity index (χ1) is 16.3. The number of rotatable bonds is 6. The molecule has 2 heterocycles. The third-order valence-electron chi connectivity index (χ3n) is 6.31. The number of anilines is 1. The van der Waals surface area contributed by atoms with Gasteiger partial charge in [0.1, 0.15) is 16.4 Å². The van der Waals surface area contributed by atoms with E-state index >= 15 is 0 Å². The topological polar surface area (TPSA) is 110 Å². The molecule has 0 saturated carbocycles. The summed E-state index contributed by atoms with van der Waals surface area (Å²) in [6, 6.07) is 9.95. The van der Waals surface area contributed by atoms with Crippen LogP contribution >= 0.6 is 0 Å². The zero-order chi connectivity index (χ0) is 24.3. The van der Waals surface area contributed by atoms with E-state index in [9.17, 15) is 18.3 Å². The molecule has 1 unspecified atom stereocenters. The normalized spacial score (nSPS) is 15.3. The van der Waals surface area contributed by atoms with Crippen LogP contribution in [-0.2, 0) is 22.9 Å². The van der Waals surface area contributed by atoms with Gasteiger partial charge in [-0.15, -0.1) is 0 Å². The molecule has 3 aromatic rings. The van der Waals surface area contributed by atoms with Gasteiger partial charge in [-0.1, -0.05) is 38.8 Å². The third kappa shape index (κ3) is 5.01. The highest BCUT2D eigenvalue weighted by molar-refractivity contribution is 7.92. The first-order valence-electron chi connectivity index (χ1n) is 11.7. The molecule has 0 fully saturated rings. The van der Waals surface area contributed by atoms with Crippen LogP contribution < -0.4 is 10.3 Å². The molecule has 8 heteroatoms. The Kier molecular flexibility index (Phi) is 7.07. The van der Waals surface area contributed by atoms with Gasteiger partial charge in [0.05, 0.1) is 5.56 Å². The lowest BCUT2D eigenvalue weighted by atomic mass is 9.81. The largest absolute Gasteiger partial charge is 0.507 e. The van der Waals surface area contributed by atoms with Crippen LogP contribution in [0.1, 0.15) is 67.9 Å². The smallest absolute Gasteiger partial charge is 0.343 e. The number of nitrogens with one attached hydrogen (secondary N) is 1. The lowest BCUT2D eigenvalue weighted by molar-refractivity contribution is 0.376. The Bertz CT molecular complexity index is 1320. The van der Waals surface area contributed by atoms with Crippen molar-refractivity contribution in [3.8, 4) is 5.75 Å². The number of nitrogens with zero attached hydrogens (tertiary/aromatic N) is 1. The van der Waals surface area contributed by atoms with Crippen LogP contribution in [0.15, 0.2) is 62.9 Å². The summed E-state index contributed by atoms with van der Waals surface area (Å²) < 4.78 is 33.8. The van der Waals surface area contributed by atoms with E-state index in [0.717, 1.165) is 36.8 Å². The first-order valence-corrected chi connectivity index (χ1v) is 13.2. The van der Waals surface area contributed by atoms with Gasteiger partial charge < -0.3 is 9.52 Å². The van der Waals surface area contributed by atoms with Gasteiger partial charge in [0.2, 0.25) is 0 Å². The molecule has 0 radical (unpaired) electrons. The molecule has 1 aliphatic carbocycles. The SMILES string of the molecule is CC(C)C(c1cccc(NS(=O)(=O)c2cccnc2)c1)c1c(O)c2c(oc1=O)CCCCCC2. The molecular weight excluding hydrogens is 452 g/mol. The second kappa shape index (κ2) is 10.0. The van der Waals surface area contributed by atoms with Crippen LogP contribution in [0.4, 0.5) is 5.69 Å². The van der Waals surface area contributed by atoms with Crippen LogP contribution in [-0.4, -0.2) is 18.5 Å². The zero-order valence-electron chi connectivity index (χ0n) is 19.5. The first kappa shape index (κ1) is 24.0. The monoisotopic (exact) mass is 482 g/mol. The van der Waals surface area contributed by atoms with Crippen molar-refractivity contribution in [2.24, 2.45) is 5.92 Å². The highest BCUT2D eigenvalue weighted by Gasteiger charge is 2.29. The summed E-state index contributed by atoms with van der Waals surface area (Å²) in [6.07, 6.45) is 8.15. The molecule has 180 valence electrons. The van der Waals surface area contributed by atoms with Gasteiger partial charge in [0.15, 0.2) is 0 Å². The fourth-order valence-electron chi connectivity index (χ4n) is 4.70. The summed E-state index contributed by atoms with van der Waals surface area (Å²) in [5, 5.41) is 11.2. The predicted octanol–water partition coefficient (Wildman–Crippen LogP) is 4.99. The maximum Gasteiger partial charge on any atom is 0.343 e. The number of sulfonamides is 1. The number of fused-ring (bicyclic) bond motifs is 1. The van der Waals surface area contributed by atoms with Crippen molar-refractivity contribution in [2.75, 3.05) is 4.72 Å². The highest BCUT2D eigenvalue weighted by Crippen LogP contribution is 2.39. The number of aromatic hydroxyl groups is 1. The molecule has 34 heavy (non-hydrogen) atoms. The molecule has 1 atom stereocenters. The molecule has 0 amide bonds. The lowest BCUT2D eigenvalue weighted by Gasteiger charge is -2.24. The predicted molar refractivity (Wildman–Crippen MR) is 131 cm³/mol. The van der Waals surface area contributed by atoms with Gasteiger partial charge >= 0.3 is 5.63 Å². The van der Waals surface area contributed by atoms with Crippen molar-refractivity contribution in [3.05, 3.63) is 81.7 Å². The van der Waals surface area contributed by atoms with Gasteiger partial charge in [0.25, 0.3) is 10.0 Å². The Morgan fingerprint density at radius 3 is 2.53 bits per heavy atom. The number of benzene rings is 1. The summed E-state index contributed by atoms with van der Waals surface area (Å²) >= 11 is 0. The van der Waals surface area contributed by atoms with Crippen molar-refractivity contribution in [2.45, 2.75) is 63.2 Å². The van der Waals surface area contributed by atoms with E-state index in [4.69, 9.17) is 4.42 Å². The summed E-state index contributed by atoms with van der Waals surface area (Å²) in [6.45, 7) is 3.93. The van der Waals surface area contributed by atoms with Crippen LogP contribution in [0, 0.1) is 5.92 Å². The van der Waals surface area contributed by atoms with Crippen molar-refractivity contribution in [1.82, 2.24) is 4.98 Å². The molecule has 1 aromatic carbocycles. The number of pyridine rings is 1. The van der Waals surface area contributed by atoms with E-state index in [1.807, 2.05) is 19.9 Å². The maximum absolute atomic E-state index is 13.1. The summed E-state index contributed by atoms with van der Waals surface area (Å²) in [5.74, 6) is 0.0973. The number of hydrogen-bond donors (Lipinski definition) is 2. The van der Waals surface area contributed by atoms with Gasteiger partial charge in [0, 0.05) is 36.0 Å². The Labute approximate surface area is 199 Å². The molecule has 0 bridgehead atoms. The second-order valence-electron chi connectivity index (χ2n) is 9.11. The van der Waals surface area contributed by atoms with Crippen molar-refractivity contribution < 1.29 is 17.9 Å². The second-order valence-corrected chi connectivity index (χ2v) is 10.8. The molecule has 4 rings (SSSR count). The fraction of sp³-hybridized carbons (Fsp3) is 0.385. The van der Waals surface area contributed by atoms with Crippen LogP contribution in [0.3, 0.4) is 0 Å². The molecule has 7 nitrogen and oxygen atoms in total.